The van der Waals surface area contributed by atoms with E-state index in [0.717, 1.165) is 22.1 Å². The van der Waals surface area contributed by atoms with Crippen molar-refractivity contribution < 1.29 is 4.79 Å². The number of rotatable bonds is 7. The first-order valence-electron chi connectivity index (χ1n) is 5.96. The van der Waals surface area contributed by atoms with Crippen LogP contribution < -0.4 is 11.1 Å². The molecule has 0 radical (unpaired) electrons. The van der Waals surface area contributed by atoms with E-state index in [1.807, 2.05) is 30.5 Å². The molecular weight excluding hydrogens is 264 g/mol. The molecule has 5 heteroatoms. The molecule has 0 aromatic heterocycles. The third-order valence-corrected chi connectivity index (χ3v) is 4.01. The fourth-order valence-corrected chi connectivity index (χ4v) is 2.70. The van der Waals surface area contributed by atoms with Crippen molar-refractivity contribution in [1.29, 1.82) is 0 Å². The number of para-hydroxylation sites is 1. The Bertz CT molecular complexity index is 385. The minimum atomic E-state index is -0.433. The molecule has 1 aromatic rings. The molecule has 0 fully saturated rings. The van der Waals surface area contributed by atoms with E-state index < -0.39 is 6.04 Å². The maximum Gasteiger partial charge on any atom is 0.241 e. The summed E-state index contributed by atoms with van der Waals surface area (Å²) in [6.07, 6.45) is 2.72. The highest BCUT2D eigenvalue weighted by Crippen LogP contribution is 2.26. The van der Waals surface area contributed by atoms with E-state index >= 15 is 0 Å². The van der Waals surface area contributed by atoms with Crippen LogP contribution >= 0.6 is 23.5 Å². The smallest absolute Gasteiger partial charge is 0.241 e. The van der Waals surface area contributed by atoms with Crippen LogP contribution in [0.2, 0.25) is 0 Å². The molecule has 18 heavy (non-hydrogen) atoms. The molecule has 0 bridgehead atoms. The monoisotopic (exact) mass is 284 g/mol. The molecule has 0 aliphatic heterocycles. The highest BCUT2D eigenvalue weighted by atomic mass is 32.2. The molecule has 0 saturated heterocycles. The summed E-state index contributed by atoms with van der Waals surface area (Å²) >= 11 is 3.41. The van der Waals surface area contributed by atoms with Gasteiger partial charge in [-0.05, 0) is 36.3 Å². The van der Waals surface area contributed by atoms with Crippen LogP contribution in [-0.4, -0.2) is 29.7 Å². The standard InChI is InChI=1S/C13H20N2OS2/c1-3-18-12-7-5-4-6-11(12)15-13(16)10(14)8-9-17-2/h4-7,10H,3,8-9,14H2,1-2H3,(H,15,16)/t10-/m0/s1. The Morgan fingerprint density at radius 1 is 1.44 bits per heavy atom. The Kier molecular flexibility index (Phi) is 7.23. The van der Waals surface area contributed by atoms with Crippen molar-refractivity contribution in [3.05, 3.63) is 24.3 Å². The molecule has 1 rings (SSSR count). The van der Waals surface area contributed by atoms with Crippen LogP contribution in [0.1, 0.15) is 13.3 Å². The molecule has 3 nitrogen and oxygen atoms in total. The van der Waals surface area contributed by atoms with E-state index in [1.165, 1.54) is 0 Å². The molecule has 0 spiro atoms. The molecular formula is C13H20N2OS2. The SMILES string of the molecule is CCSc1ccccc1NC(=O)[C@@H](N)CCSC. The molecule has 100 valence electrons. The first-order valence-corrected chi connectivity index (χ1v) is 8.34. The Balaban J connectivity index is 2.63. The average molecular weight is 284 g/mol. The minimum Gasteiger partial charge on any atom is -0.324 e. The van der Waals surface area contributed by atoms with Gasteiger partial charge in [0.1, 0.15) is 0 Å². The lowest BCUT2D eigenvalue weighted by Crippen LogP contribution is -2.36. The predicted octanol–water partition coefficient (Wildman–Crippen LogP) is 2.82. The van der Waals surface area contributed by atoms with Crippen LogP contribution in [0.4, 0.5) is 5.69 Å². The maximum atomic E-state index is 11.9. The first-order chi connectivity index (χ1) is 8.69. The van der Waals surface area contributed by atoms with Crippen molar-refractivity contribution in [3.63, 3.8) is 0 Å². The number of hydrogen-bond acceptors (Lipinski definition) is 4. The zero-order valence-corrected chi connectivity index (χ0v) is 12.4. The lowest BCUT2D eigenvalue weighted by Gasteiger charge is -2.14. The summed E-state index contributed by atoms with van der Waals surface area (Å²) in [5, 5.41) is 2.91. The van der Waals surface area contributed by atoms with E-state index in [-0.39, 0.29) is 5.91 Å². The first kappa shape index (κ1) is 15.4. The van der Waals surface area contributed by atoms with Crippen LogP contribution in [0, 0.1) is 0 Å². The summed E-state index contributed by atoms with van der Waals surface area (Å²) in [6, 6.07) is 7.38. The fourth-order valence-electron chi connectivity index (χ4n) is 1.45. The normalized spacial score (nSPS) is 12.2. The predicted molar refractivity (Wildman–Crippen MR) is 82.4 cm³/mol. The second-order valence-electron chi connectivity index (χ2n) is 3.81. The molecule has 0 unspecified atom stereocenters. The number of anilines is 1. The van der Waals surface area contributed by atoms with Gasteiger partial charge in [-0.1, -0.05) is 19.1 Å². The fraction of sp³-hybridized carbons (Fsp3) is 0.462. The Morgan fingerprint density at radius 3 is 2.83 bits per heavy atom. The number of carbonyl (C=O) groups is 1. The van der Waals surface area contributed by atoms with Crippen molar-refractivity contribution in [3.8, 4) is 0 Å². The van der Waals surface area contributed by atoms with E-state index in [1.54, 1.807) is 23.5 Å². The summed E-state index contributed by atoms with van der Waals surface area (Å²) < 4.78 is 0. The lowest BCUT2D eigenvalue weighted by molar-refractivity contribution is -0.117. The van der Waals surface area contributed by atoms with Crippen molar-refractivity contribution in [1.82, 2.24) is 0 Å². The summed E-state index contributed by atoms with van der Waals surface area (Å²) in [5.74, 6) is 1.78. The number of amides is 1. The van der Waals surface area contributed by atoms with E-state index in [9.17, 15) is 4.79 Å². The van der Waals surface area contributed by atoms with Gasteiger partial charge in [-0.25, -0.2) is 0 Å². The number of thioether (sulfide) groups is 2. The van der Waals surface area contributed by atoms with Gasteiger partial charge in [-0.15, -0.1) is 11.8 Å². The van der Waals surface area contributed by atoms with Crippen molar-refractivity contribution in [2.24, 2.45) is 5.73 Å². The van der Waals surface area contributed by atoms with Crippen LogP contribution in [0.25, 0.3) is 0 Å². The third kappa shape index (κ3) is 4.92. The maximum absolute atomic E-state index is 11.9. The van der Waals surface area contributed by atoms with Crippen molar-refractivity contribution in [2.75, 3.05) is 23.1 Å². The molecule has 1 amide bonds. The van der Waals surface area contributed by atoms with Gasteiger partial charge < -0.3 is 11.1 Å². The van der Waals surface area contributed by atoms with E-state index in [0.29, 0.717) is 6.42 Å². The van der Waals surface area contributed by atoms with Crippen LogP contribution in [-0.2, 0) is 4.79 Å². The molecule has 0 aliphatic carbocycles. The van der Waals surface area contributed by atoms with Crippen LogP contribution in [0.15, 0.2) is 29.2 Å². The third-order valence-electron chi connectivity index (χ3n) is 2.41. The second kappa shape index (κ2) is 8.45. The van der Waals surface area contributed by atoms with Gasteiger partial charge in [0, 0.05) is 4.90 Å². The van der Waals surface area contributed by atoms with Gasteiger partial charge in [0.2, 0.25) is 5.91 Å². The summed E-state index contributed by atoms with van der Waals surface area (Å²) in [6.45, 7) is 2.09. The molecule has 1 aromatic carbocycles. The quantitative estimate of drug-likeness (QED) is 0.756. The van der Waals surface area contributed by atoms with Crippen molar-refractivity contribution >= 4 is 35.1 Å². The summed E-state index contributed by atoms with van der Waals surface area (Å²) in [5.41, 5.74) is 6.70. The molecule has 0 aliphatic rings. The largest absolute Gasteiger partial charge is 0.324 e. The van der Waals surface area contributed by atoms with Crippen LogP contribution in [0.3, 0.4) is 0 Å². The van der Waals surface area contributed by atoms with Gasteiger partial charge in [0.25, 0.3) is 0 Å². The minimum absolute atomic E-state index is 0.104. The zero-order chi connectivity index (χ0) is 13.4. The highest BCUT2D eigenvalue weighted by molar-refractivity contribution is 7.99. The summed E-state index contributed by atoms with van der Waals surface area (Å²) in [7, 11) is 0. The average Bonchev–Trinajstić information content (AvgIpc) is 2.38. The van der Waals surface area contributed by atoms with Gasteiger partial charge in [-0.2, -0.15) is 11.8 Å². The molecule has 1 atom stereocenters. The molecule has 0 heterocycles. The highest BCUT2D eigenvalue weighted by Gasteiger charge is 2.14. The number of nitrogens with one attached hydrogen (secondary N) is 1. The van der Waals surface area contributed by atoms with Gasteiger partial charge in [0.15, 0.2) is 0 Å². The Hall–Kier alpha value is -0.650. The van der Waals surface area contributed by atoms with Crippen LogP contribution in [0.5, 0.6) is 0 Å². The number of benzene rings is 1. The van der Waals surface area contributed by atoms with Crippen molar-refractivity contribution in [2.45, 2.75) is 24.3 Å². The van der Waals surface area contributed by atoms with Gasteiger partial charge in [-0.3, -0.25) is 4.79 Å². The summed E-state index contributed by atoms with van der Waals surface area (Å²) in [4.78, 5) is 13.0. The number of nitrogens with two attached hydrogens (primary N) is 1. The second-order valence-corrected chi connectivity index (χ2v) is 6.10. The van der Waals surface area contributed by atoms with E-state index in [2.05, 4.69) is 12.2 Å². The topological polar surface area (TPSA) is 55.1 Å². The molecule has 0 saturated carbocycles. The number of hydrogen-bond donors (Lipinski definition) is 2. The van der Waals surface area contributed by atoms with E-state index in [4.69, 9.17) is 5.73 Å². The van der Waals surface area contributed by atoms with Gasteiger partial charge in [0.05, 0.1) is 11.7 Å². The van der Waals surface area contributed by atoms with Gasteiger partial charge >= 0.3 is 0 Å². The Labute approximate surface area is 117 Å². The Morgan fingerprint density at radius 2 is 2.17 bits per heavy atom. The number of carbonyl (C=O) groups excluding carboxylic acids is 1. The molecule has 3 N–H and O–H groups in total. The zero-order valence-electron chi connectivity index (χ0n) is 10.8. The lowest BCUT2D eigenvalue weighted by atomic mass is 10.2.